The van der Waals surface area contributed by atoms with Crippen molar-refractivity contribution >= 4 is 32.5 Å². The number of imidazole rings is 1. The fraction of sp³-hybridized carbons (Fsp3) is 0.333. The average molecular weight is 398 g/mol. The number of rotatable bonds is 5. The van der Waals surface area contributed by atoms with Crippen LogP contribution in [0.1, 0.15) is 29.8 Å². The zero-order valence-electron chi connectivity index (χ0n) is 15.8. The summed E-state index contributed by atoms with van der Waals surface area (Å²) in [6.45, 7) is 0.0229. The lowest BCUT2D eigenvalue weighted by Crippen LogP contribution is -2.22. The van der Waals surface area contributed by atoms with Gasteiger partial charge >= 0.3 is 0 Å². The summed E-state index contributed by atoms with van der Waals surface area (Å²) in [5.74, 6) is 0.00112. The third kappa shape index (κ3) is 3.94. The molecule has 0 bridgehead atoms. The molecule has 0 saturated carbocycles. The van der Waals surface area contributed by atoms with Crippen LogP contribution < -0.4 is 5.32 Å². The van der Waals surface area contributed by atoms with Gasteiger partial charge in [0.05, 0.1) is 11.0 Å². The Morgan fingerprint density at radius 2 is 1.89 bits per heavy atom. The molecule has 0 saturated heterocycles. The minimum Gasteiger partial charge on any atom is -0.324 e. The Morgan fingerprint density at radius 3 is 2.71 bits per heavy atom. The van der Waals surface area contributed by atoms with Crippen LogP contribution in [0, 0.1) is 0 Å². The predicted octanol–water partition coefficient (Wildman–Crippen LogP) is 3.10. The average Bonchev–Trinajstić information content (AvgIpc) is 2.97. The first-order chi connectivity index (χ1) is 13.4. The van der Waals surface area contributed by atoms with Gasteiger partial charge in [0, 0.05) is 11.9 Å². The second-order valence-electron chi connectivity index (χ2n) is 7.37. The number of carbonyl (C=O) groups excluding carboxylic acids is 1. The Hall–Kier alpha value is -2.67. The molecule has 0 aliphatic heterocycles. The van der Waals surface area contributed by atoms with Gasteiger partial charge in [0.25, 0.3) is 0 Å². The predicted molar refractivity (Wildman–Crippen MR) is 110 cm³/mol. The van der Waals surface area contributed by atoms with Crippen LogP contribution in [0.2, 0.25) is 0 Å². The Morgan fingerprint density at radius 1 is 1.11 bits per heavy atom. The number of nitrogens with zero attached hydrogens (tertiary/aromatic N) is 2. The topological polar surface area (TPSA) is 81.1 Å². The first-order valence-electron chi connectivity index (χ1n) is 9.43. The van der Waals surface area contributed by atoms with Crippen molar-refractivity contribution in [1.82, 2.24) is 9.55 Å². The van der Waals surface area contributed by atoms with Gasteiger partial charge in [-0.3, -0.25) is 4.79 Å². The van der Waals surface area contributed by atoms with E-state index in [0.29, 0.717) is 11.3 Å². The molecule has 0 spiro atoms. The first-order valence-corrected chi connectivity index (χ1v) is 11.5. The van der Waals surface area contributed by atoms with Crippen LogP contribution in [0.15, 0.2) is 42.5 Å². The van der Waals surface area contributed by atoms with Crippen molar-refractivity contribution in [3.63, 3.8) is 0 Å². The summed E-state index contributed by atoms with van der Waals surface area (Å²) in [6.07, 6.45) is 5.50. The molecule has 0 unspecified atom stereocenters. The van der Waals surface area contributed by atoms with Gasteiger partial charge < -0.3 is 9.88 Å². The van der Waals surface area contributed by atoms with E-state index in [1.165, 1.54) is 23.8 Å². The number of benzene rings is 2. The summed E-state index contributed by atoms with van der Waals surface area (Å²) in [7, 11) is -3.27. The van der Waals surface area contributed by atoms with Gasteiger partial charge in [-0.05, 0) is 55.0 Å². The molecule has 1 aromatic heterocycles. The molecule has 1 N–H and O–H groups in total. The van der Waals surface area contributed by atoms with E-state index in [1.807, 2.05) is 36.4 Å². The van der Waals surface area contributed by atoms with Gasteiger partial charge in [-0.15, -0.1) is 0 Å². The second-order valence-corrected chi connectivity index (χ2v) is 9.51. The van der Waals surface area contributed by atoms with Crippen LogP contribution in [0.25, 0.3) is 11.0 Å². The molecule has 1 aliphatic rings. The number of aromatic nitrogens is 2. The van der Waals surface area contributed by atoms with Gasteiger partial charge in [0.1, 0.15) is 18.1 Å². The zero-order valence-corrected chi connectivity index (χ0v) is 16.6. The van der Waals surface area contributed by atoms with Crippen molar-refractivity contribution in [3.8, 4) is 0 Å². The molecule has 6 nitrogen and oxygen atoms in total. The third-order valence-corrected chi connectivity index (χ3v) is 5.88. The highest BCUT2D eigenvalue weighted by molar-refractivity contribution is 7.89. The van der Waals surface area contributed by atoms with Crippen LogP contribution in [-0.4, -0.2) is 30.1 Å². The normalized spacial score (nSPS) is 14.0. The number of aryl methyl sites for hydroxylation is 1. The molecule has 4 rings (SSSR count). The number of hydrogen-bond donors (Lipinski definition) is 1. The van der Waals surface area contributed by atoms with Gasteiger partial charge in [0.2, 0.25) is 5.91 Å². The number of amides is 1. The van der Waals surface area contributed by atoms with Crippen LogP contribution in [0.3, 0.4) is 0 Å². The van der Waals surface area contributed by atoms with Gasteiger partial charge in [-0.1, -0.05) is 24.3 Å². The van der Waals surface area contributed by atoms with Crippen molar-refractivity contribution in [2.45, 2.75) is 38.0 Å². The summed E-state index contributed by atoms with van der Waals surface area (Å²) in [4.78, 5) is 17.3. The lowest BCUT2D eigenvalue weighted by Gasteiger charge is -2.20. The van der Waals surface area contributed by atoms with Gasteiger partial charge in [-0.25, -0.2) is 13.4 Å². The Labute approximate surface area is 164 Å². The quantitative estimate of drug-likeness (QED) is 0.717. The molecule has 1 heterocycles. The number of anilines is 1. The van der Waals surface area contributed by atoms with E-state index in [0.717, 1.165) is 30.5 Å². The van der Waals surface area contributed by atoms with Gasteiger partial charge in [0.15, 0.2) is 9.84 Å². The summed E-state index contributed by atoms with van der Waals surface area (Å²) >= 11 is 0. The van der Waals surface area contributed by atoms with Crippen LogP contribution in [0.5, 0.6) is 0 Å². The number of sulfone groups is 1. The van der Waals surface area contributed by atoms with Crippen molar-refractivity contribution in [2.24, 2.45) is 0 Å². The maximum Gasteiger partial charge on any atom is 0.244 e. The molecule has 3 aromatic rings. The highest BCUT2D eigenvalue weighted by Crippen LogP contribution is 2.28. The summed E-state index contributed by atoms with van der Waals surface area (Å²) in [5.41, 5.74) is 4.82. The van der Waals surface area contributed by atoms with Crippen LogP contribution in [0.4, 0.5) is 5.69 Å². The number of hydrogen-bond acceptors (Lipinski definition) is 4. The van der Waals surface area contributed by atoms with Crippen molar-refractivity contribution in [1.29, 1.82) is 0 Å². The van der Waals surface area contributed by atoms with E-state index in [-0.39, 0.29) is 18.2 Å². The molecule has 0 radical (unpaired) electrons. The van der Waals surface area contributed by atoms with E-state index in [1.54, 1.807) is 4.57 Å². The van der Waals surface area contributed by atoms with Crippen molar-refractivity contribution in [2.75, 3.05) is 11.6 Å². The number of nitrogens with one attached hydrogen (secondary N) is 1. The molecule has 0 atom stereocenters. The molecule has 28 heavy (non-hydrogen) atoms. The highest BCUT2D eigenvalue weighted by Gasteiger charge is 2.19. The molecule has 1 amide bonds. The summed E-state index contributed by atoms with van der Waals surface area (Å²) in [6, 6.07) is 13.4. The number of carbonyl (C=O) groups is 1. The van der Waals surface area contributed by atoms with Crippen LogP contribution in [-0.2, 0) is 39.8 Å². The molecule has 146 valence electrons. The number of fused-ring (bicyclic) bond motifs is 2. The third-order valence-electron chi connectivity index (χ3n) is 5.10. The Balaban J connectivity index is 1.63. The minimum atomic E-state index is -3.27. The molecule has 7 heteroatoms. The molecular weight excluding hydrogens is 374 g/mol. The molecule has 0 fully saturated rings. The lowest BCUT2D eigenvalue weighted by molar-refractivity contribution is -0.116. The van der Waals surface area contributed by atoms with E-state index in [9.17, 15) is 13.2 Å². The standard InChI is InChI=1S/C21H23N3O3S/c1-28(26,27)14-20-22-18-10-4-5-12-19(18)24(20)13-21(25)23-17-11-6-8-15-7-2-3-9-16(15)17/h4-6,8,10-12H,2-3,7,9,13-14H2,1H3,(H,23,25). The Bertz CT molecular complexity index is 1150. The highest BCUT2D eigenvalue weighted by atomic mass is 32.2. The minimum absolute atomic E-state index is 0.0229. The molecule has 1 aliphatic carbocycles. The summed E-state index contributed by atoms with van der Waals surface area (Å²) < 4.78 is 25.3. The number of para-hydroxylation sites is 2. The monoisotopic (exact) mass is 397 g/mol. The summed E-state index contributed by atoms with van der Waals surface area (Å²) in [5, 5.41) is 3.03. The van der Waals surface area contributed by atoms with E-state index >= 15 is 0 Å². The van der Waals surface area contributed by atoms with E-state index in [4.69, 9.17) is 0 Å². The lowest BCUT2D eigenvalue weighted by atomic mass is 9.90. The zero-order chi connectivity index (χ0) is 19.7. The van der Waals surface area contributed by atoms with Gasteiger partial charge in [-0.2, -0.15) is 0 Å². The fourth-order valence-corrected chi connectivity index (χ4v) is 4.57. The van der Waals surface area contributed by atoms with Crippen molar-refractivity contribution in [3.05, 3.63) is 59.4 Å². The molecule has 2 aromatic carbocycles. The second kappa shape index (κ2) is 7.39. The van der Waals surface area contributed by atoms with Crippen molar-refractivity contribution < 1.29 is 13.2 Å². The van der Waals surface area contributed by atoms with E-state index < -0.39 is 9.84 Å². The maximum atomic E-state index is 12.8. The SMILES string of the molecule is CS(=O)(=O)Cc1nc2ccccc2n1CC(=O)Nc1cccc2c1CCCC2. The largest absolute Gasteiger partial charge is 0.324 e. The fourth-order valence-electron chi connectivity index (χ4n) is 3.88. The molecular formula is C21H23N3O3S. The maximum absolute atomic E-state index is 12.8. The van der Waals surface area contributed by atoms with E-state index in [2.05, 4.69) is 16.4 Å². The van der Waals surface area contributed by atoms with Crippen LogP contribution >= 0.6 is 0 Å². The smallest absolute Gasteiger partial charge is 0.244 e. The first kappa shape index (κ1) is 18.7. The Kier molecular flexibility index (Phi) is 4.93.